The van der Waals surface area contributed by atoms with E-state index in [2.05, 4.69) is 4.74 Å². The molecule has 0 atom stereocenters. The van der Waals surface area contributed by atoms with Crippen LogP contribution < -0.4 is 0 Å². The minimum absolute atomic E-state index is 0.0948. The van der Waals surface area contributed by atoms with E-state index in [1.165, 1.54) is 6.92 Å². The number of rotatable bonds is 8. The number of ether oxygens (including phenoxy) is 1. The van der Waals surface area contributed by atoms with Crippen LogP contribution in [0.2, 0.25) is 0 Å². The number of halogens is 4. The first kappa shape index (κ1) is 17.3. The first-order valence-corrected chi connectivity index (χ1v) is 6.22. The molecule has 10 heteroatoms. The van der Waals surface area contributed by atoms with Gasteiger partial charge in [0.2, 0.25) is 0 Å². The summed E-state index contributed by atoms with van der Waals surface area (Å²) in [6.07, 6.45) is -1.55. The van der Waals surface area contributed by atoms with Crippen LogP contribution in [0.4, 0.5) is 17.6 Å². The fourth-order valence-electron chi connectivity index (χ4n) is 0.823. The minimum atomic E-state index is -6.22. The number of ketones is 1. The van der Waals surface area contributed by atoms with Crippen molar-refractivity contribution in [1.29, 1.82) is 0 Å². The van der Waals surface area contributed by atoms with E-state index in [4.69, 9.17) is 4.55 Å². The molecule has 0 aliphatic carbocycles. The molecule has 0 aromatic carbocycles. The standard InChI is InChI=1S/C8H12F4O5S/c1-2-6(13)5-17-4-3-7(9,10)8(11,12)18(14,15)16/h2-5H2,1H3,(H,14,15,16). The average Bonchev–Trinajstić information content (AvgIpc) is 2.22. The van der Waals surface area contributed by atoms with Crippen molar-refractivity contribution in [2.45, 2.75) is 30.9 Å². The lowest BCUT2D eigenvalue weighted by molar-refractivity contribution is -0.171. The molecule has 0 aliphatic rings. The van der Waals surface area contributed by atoms with E-state index in [9.17, 15) is 30.8 Å². The van der Waals surface area contributed by atoms with Crippen molar-refractivity contribution in [2.24, 2.45) is 0 Å². The first-order valence-electron chi connectivity index (χ1n) is 4.78. The van der Waals surface area contributed by atoms with Crippen molar-refractivity contribution < 1.29 is 40.1 Å². The highest BCUT2D eigenvalue weighted by atomic mass is 32.2. The first-order chi connectivity index (χ1) is 7.95. The van der Waals surface area contributed by atoms with Gasteiger partial charge in [0, 0.05) is 12.8 Å². The van der Waals surface area contributed by atoms with Gasteiger partial charge < -0.3 is 4.74 Å². The molecule has 0 bridgehead atoms. The molecule has 0 radical (unpaired) electrons. The van der Waals surface area contributed by atoms with Crippen LogP contribution in [0.5, 0.6) is 0 Å². The second kappa shape index (κ2) is 5.93. The molecular weight excluding hydrogens is 284 g/mol. The highest BCUT2D eigenvalue weighted by molar-refractivity contribution is 7.87. The normalized spacial score (nSPS) is 13.7. The van der Waals surface area contributed by atoms with E-state index in [0.29, 0.717) is 0 Å². The largest absolute Gasteiger partial charge is 0.431 e. The monoisotopic (exact) mass is 296 g/mol. The maximum atomic E-state index is 12.8. The lowest BCUT2D eigenvalue weighted by Gasteiger charge is -2.23. The number of carbonyl (C=O) groups is 1. The maximum absolute atomic E-state index is 12.8. The zero-order chi connectivity index (χ0) is 14.6. The molecule has 0 aromatic heterocycles. The van der Waals surface area contributed by atoms with Gasteiger partial charge in [-0.2, -0.15) is 26.0 Å². The lowest BCUT2D eigenvalue weighted by atomic mass is 10.2. The van der Waals surface area contributed by atoms with Crippen LogP contribution in [-0.4, -0.2) is 43.1 Å². The molecule has 0 aromatic rings. The van der Waals surface area contributed by atoms with Crippen LogP contribution >= 0.6 is 0 Å². The molecule has 0 amide bonds. The molecule has 18 heavy (non-hydrogen) atoms. The van der Waals surface area contributed by atoms with Gasteiger partial charge in [-0.3, -0.25) is 9.35 Å². The Labute approximate surface area is 101 Å². The Hall–Kier alpha value is -0.740. The minimum Gasteiger partial charge on any atom is -0.373 e. The van der Waals surface area contributed by atoms with E-state index < -0.39 is 46.7 Å². The topological polar surface area (TPSA) is 80.7 Å². The van der Waals surface area contributed by atoms with Gasteiger partial charge >= 0.3 is 21.3 Å². The molecule has 0 aliphatic heterocycles. The SMILES string of the molecule is CCC(=O)COCCC(F)(F)C(F)(F)S(=O)(=O)O. The van der Waals surface area contributed by atoms with Crippen LogP contribution in [0.15, 0.2) is 0 Å². The Morgan fingerprint density at radius 2 is 1.78 bits per heavy atom. The lowest BCUT2D eigenvalue weighted by Crippen LogP contribution is -2.47. The summed E-state index contributed by atoms with van der Waals surface area (Å²) in [6.45, 7) is 0.0284. The van der Waals surface area contributed by atoms with Crippen molar-refractivity contribution in [3.63, 3.8) is 0 Å². The molecular formula is C8H12F4O5S. The van der Waals surface area contributed by atoms with Gasteiger partial charge in [-0.25, -0.2) is 0 Å². The quantitative estimate of drug-likeness (QED) is 0.417. The third-order valence-corrected chi connectivity index (χ3v) is 2.91. The van der Waals surface area contributed by atoms with Crippen molar-refractivity contribution in [3.8, 4) is 0 Å². The van der Waals surface area contributed by atoms with E-state index in [1.54, 1.807) is 0 Å². The van der Waals surface area contributed by atoms with Crippen LogP contribution in [0.1, 0.15) is 19.8 Å². The molecule has 0 spiro atoms. The van der Waals surface area contributed by atoms with Gasteiger partial charge in [0.25, 0.3) is 0 Å². The van der Waals surface area contributed by atoms with Gasteiger partial charge in [0.05, 0.1) is 6.61 Å². The van der Waals surface area contributed by atoms with Gasteiger partial charge in [-0.15, -0.1) is 0 Å². The predicted molar refractivity (Wildman–Crippen MR) is 52.2 cm³/mol. The van der Waals surface area contributed by atoms with Crippen LogP contribution in [0.25, 0.3) is 0 Å². The fourth-order valence-corrected chi connectivity index (χ4v) is 1.30. The summed E-state index contributed by atoms with van der Waals surface area (Å²) in [5.41, 5.74) is 0. The summed E-state index contributed by atoms with van der Waals surface area (Å²) in [5, 5.41) is -5.60. The summed E-state index contributed by atoms with van der Waals surface area (Å²) >= 11 is 0. The second-order valence-electron chi connectivity index (χ2n) is 3.39. The Morgan fingerprint density at radius 3 is 2.17 bits per heavy atom. The zero-order valence-corrected chi connectivity index (χ0v) is 10.1. The van der Waals surface area contributed by atoms with E-state index in [0.717, 1.165) is 0 Å². The Balaban J connectivity index is 4.45. The van der Waals surface area contributed by atoms with Crippen molar-refractivity contribution in [3.05, 3.63) is 0 Å². The Morgan fingerprint density at radius 1 is 1.28 bits per heavy atom. The number of alkyl halides is 4. The number of hydrogen-bond acceptors (Lipinski definition) is 4. The van der Waals surface area contributed by atoms with Gasteiger partial charge in [0.1, 0.15) is 6.61 Å². The second-order valence-corrected chi connectivity index (χ2v) is 4.85. The molecule has 0 saturated carbocycles. The molecule has 0 fully saturated rings. The number of carbonyl (C=O) groups excluding carboxylic acids is 1. The smallest absolute Gasteiger partial charge is 0.373 e. The van der Waals surface area contributed by atoms with Gasteiger partial charge in [0.15, 0.2) is 5.78 Å². The molecule has 0 rings (SSSR count). The van der Waals surface area contributed by atoms with E-state index in [1.807, 2.05) is 0 Å². The summed E-state index contributed by atoms with van der Waals surface area (Å²) in [6, 6.07) is 0. The molecule has 1 N–H and O–H groups in total. The predicted octanol–water partition coefficient (Wildman–Crippen LogP) is 1.49. The van der Waals surface area contributed by atoms with Crippen LogP contribution in [-0.2, 0) is 19.6 Å². The van der Waals surface area contributed by atoms with Gasteiger partial charge in [-0.1, -0.05) is 6.92 Å². The third kappa shape index (κ3) is 4.18. The van der Waals surface area contributed by atoms with E-state index >= 15 is 0 Å². The highest BCUT2D eigenvalue weighted by Crippen LogP contribution is 2.40. The highest BCUT2D eigenvalue weighted by Gasteiger charge is 2.65. The fraction of sp³-hybridized carbons (Fsp3) is 0.875. The third-order valence-electron chi connectivity index (χ3n) is 1.97. The van der Waals surface area contributed by atoms with Gasteiger partial charge in [-0.05, 0) is 0 Å². The number of hydrogen-bond donors (Lipinski definition) is 1. The molecule has 0 unspecified atom stereocenters. The Kier molecular flexibility index (Phi) is 5.69. The van der Waals surface area contributed by atoms with Crippen LogP contribution in [0, 0.1) is 0 Å². The summed E-state index contributed by atoms with van der Waals surface area (Å²) in [4.78, 5) is 10.7. The van der Waals surface area contributed by atoms with Crippen molar-refractivity contribution in [1.82, 2.24) is 0 Å². The van der Waals surface area contributed by atoms with E-state index in [-0.39, 0.29) is 6.42 Å². The Bertz CT molecular complexity index is 392. The average molecular weight is 296 g/mol. The maximum Gasteiger partial charge on any atom is 0.431 e. The zero-order valence-electron chi connectivity index (χ0n) is 9.33. The molecule has 0 saturated heterocycles. The van der Waals surface area contributed by atoms with Crippen molar-refractivity contribution >= 4 is 15.9 Å². The summed E-state index contributed by atoms with van der Waals surface area (Å²) in [5.74, 6) is -5.41. The molecule has 108 valence electrons. The number of Topliss-reactive ketones (excluding diaryl/α,β-unsaturated/α-hetero) is 1. The molecule has 5 nitrogen and oxygen atoms in total. The summed E-state index contributed by atoms with van der Waals surface area (Å²) in [7, 11) is -6.22. The summed E-state index contributed by atoms with van der Waals surface area (Å²) < 4.78 is 83.6. The molecule has 0 heterocycles. The van der Waals surface area contributed by atoms with Crippen LogP contribution in [0.3, 0.4) is 0 Å². The van der Waals surface area contributed by atoms with Crippen molar-refractivity contribution in [2.75, 3.05) is 13.2 Å².